The molecule has 1 unspecified atom stereocenters. The summed E-state index contributed by atoms with van der Waals surface area (Å²) in [5.74, 6) is 0.630. The molecule has 0 radical (unpaired) electrons. The molecule has 8 nitrogen and oxygen atoms in total. The van der Waals surface area contributed by atoms with Crippen LogP contribution in [0.2, 0.25) is 0 Å². The number of anilines is 2. The van der Waals surface area contributed by atoms with E-state index in [9.17, 15) is 18.7 Å². The number of halogens is 3. The molecule has 0 aliphatic carbocycles. The van der Waals surface area contributed by atoms with Crippen molar-refractivity contribution in [3.05, 3.63) is 40.3 Å². The van der Waals surface area contributed by atoms with Gasteiger partial charge in [-0.2, -0.15) is 0 Å². The molecular weight excluding hydrogens is 492 g/mol. The molecule has 3 N–H and O–H groups in total. The number of benzene rings is 1. The number of amides is 1. The van der Waals surface area contributed by atoms with E-state index in [0.29, 0.717) is 60.5 Å². The minimum atomic E-state index is -2.38. The zero-order chi connectivity index (χ0) is 26.0. The van der Waals surface area contributed by atoms with Gasteiger partial charge in [0.25, 0.3) is 12.3 Å². The highest BCUT2D eigenvalue weighted by atomic mass is 35.5. The highest BCUT2D eigenvalue weighted by Gasteiger charge is 2.36. The number of ether oxygens (including phenoxy) is 1. The molecule has 1 atom stereocenters. The van der Waals surface area contributed by atoms with E-state index in [-0.39, 0.29) is 25.0 Å². The highest BCUT2D eigenvalue weighted by molar-refractivity contribution is 6.39. The maximum atomic E-state index is 13.5. The van der Waals surface area contributed by atoms with Crippen LogP contribution in [-0.2, 0) is 11.2 Å². The van der Waals surface area contributed by atoms with Gasteiger partial charge in [0.1, 0.15) is 17.2 Å². The van der Waals surface area contributed by atoms with Gasteiger partial charge >= 0.3 is 0 Å². The van der Waals surface area contributed by atoms with E-state index in [4.69, 9.17) is 16.3 Å². The molecule has 1 amide bonds. The van der Waals surface area contributed by atoms with Gasteiger partial charge in [-0.15, -0.1) is 0 Å². The van der Waals surface area contributed by atoms with Crippen molar-refractivity contribution in [2.24, 2.45) is 10.9 Å². The maximum Gasteiger partial charge on any atom is 0.255 e. The first-order valence-corrected chi connectivity index (χ1v) is 12.4. The number of fused-ring (bicyclic) bond motifs is 1. The number of piperazine rings is 1. The van der Waals surface area contributed by atoms with Crippen molar-refractivity contribution in [3.63, 3.8) is 0 Å². The van der Waals surface area contributed by atoms with E-state index < -0.39 is 12.0 Å². The summed E-state index contributed by atoms with van der Waals surface area (Å²) < 4.78 is 31.7. The van der Waals surface area contributed by atoms with Gasteiger partial charge in [-0.1, -0.05) is 25.4 Å². The molecule has 3 aliphatic rings. The Hall–Kier alpha value is -2.69. The van der Waals surface area contributed by atoms with E-state index in [1.54, 1.807) is 11.1 Å². The molecule has 0 aromatic heterocycles. The van der Waals surface area contributed by atoms with Crippen LogP contribution in [0, 0.1) is 5.92 Å². The van der Waals surface area contributed by atoms with Crippen LogP contribution in [0.25, 0.3) is 0 Å². The monoisotopic (exact) mass is 523 g/mol. The van der Waals surface area contributed by atoms with E-state index in [1.807, 2.05) is 32.9 Å². The van der Waals surface area contributed by atoms with Crippen LogP contribution in [0.5, 0.6) is 5.75 Å². The van der Waals surface area contributed by atoms with Gasteiger partial charge < -0.3 is 25.4 Å². The quantitative estimate of drug-likeness (QED) is 0.475. The fourth-order valence-corrected chi connectivity index (χ4v) is 4.79. The SMILES string of the molecule is CC(C)/C(C(=O)Nc1cc2c(cc1N1CCN(CC(F)F)CC1)OC(C)(CO)C2)=C1/N=CC(Cl)=CN1. The molecule has 0 spiro atoms. The molecule has 1 fully saturated rings. The summed E-state index contributed by atoms with van der Waals surface area (Å²) in [7, 11) is 0. The number of hydrogen-bond donors (Lipinski definition) is 3. The second-order valence-corrected chi connectivity index (χ2v) is 10.3. The Morgan fingerprint density at radius 3 is 2.61 bits per heavy atom. The predicted octanol–water partition coefficient (Wildman–Crippen LogP) is 3.32. The van der Waals surface area contributed by atoms with Gasteiger partial charge in [0.15, 0.2) is 0 Å². The average Bonchev–Trinajstić information content (AvgIpc) is 3.15. The van der Waals surface area contributed by atoms with E-state index in [0.717, 1.165) is 11.3 Å². The van der Waals surface area contributed by atoms with E-state index >= 15 is 0 Å². The molecule has 4 rings (SSSR count). The number of alkyl halides is 2. The lowest BCUT2D eigenvalue weighted by molar-refractivity contribution is -0.113. The average molecular weight is 524 g/mol. The zero-order valence-electron chi connectivity index (χ0n) is 20.7. The molecule has 36 heavy (non-hydrogen) atoms. The number of allylic oxidation sites excluding steroid dienone is 1. The van der Waals surface area contributed by atoms with Gasteiger partial charge in [-0.25, -0.2) is 13.8 Å². The van der Waals surface area contributed by atoms with Crippen molar-refractivity contribution >= 4 is 35.1 Å². The summed E-state index contributed by atoms with van der Waals surface area (Å²) in [6.07, 6.45) is 1.18. The van der Waals surface area contributed by atoms with Crippen LogP contribution in [0.1, 0.15) is 26.3 Å². The number of nitrogens with one attached hydrogen (secondary N) is 2. The molecule has 1 saturated heterocycles. The van der Waals surface area contributed by atoms with Crippen molar-refractivity contribution in [2.45, 2.75) is 39.2 Å². The van der Waals surface area contributed by atoms with Crippen molar-refractivity contribution < 1.29 is 23.4 Å². The summed E-state index contributed by atoms with van der Waals surface area (Å²) in [5, 5.41) is 16.3. The number of hydrogen-bond acceptors (Lipinski definition) is 7. The molecule has 1 aromatic carbocycles. The van der Waals surface area contributed by atoms with Gasteiger partial charge in [-0.05, 0) is 18.9 Å². The standard InChI is InChI=1S/C25H32ClF2N5O3/c1-15(2)22(23-29-11-17(26)12-30-23)24(35)31-18-8-16-10-25(3,14-34)36-20(16)9-19(18)33-6-4-32(5-7-33)13-21(27)28/h8-9,11-12,15,21,29,34H,4-7,10,13-14H2,1-3H3,(H,31,35)/b23-22-. The number of nitrogens with zero attached hydrogens (tertiary/aromatic N) is 3. The van der Waals surface area contributed by atoms with Crippen LogP contribution in [0.15, 0.2) is 39.8 Å². The van der Waals surface area contributed by atoms with Gasteiger partial charge in [0.2, 0.25) is 0 Å². The largest absolute Gasteiger partial charge is 0.484 e. The summed E-state index contributed by atoms with van der Waals surface area (Å²) in [4.78, 5) is 21.6. The summed E-state index contributed by atoms with van der Waals surface area (Å²) in [6.45, 7) is 7.27. The lowest BCUT2D eigenvalue weighted by Gasteiger charge is -2.37. The molecule has 3 heterocycles. The molecule has 0 bridgehead atoms. The van der Waals surface area contributed by atoms with Crippen molar-refractivity contribution in [3.8, 4) is 5.75 Å². The fourth-order valence-electron chi connectivity index (χ4n) is 4.69. The Morgan fingerprint density at radius 1 is 1.31 bits per heavy atom. The fraction of sp³-hybridized carbons (Fsp3) is 0.520. The van der Waals surface area contributed by atoms with Crippen LogP contribution in [0.4, 0.5) is 20.2 Å². The van der Waals surface area contributed by atoms with Crippen LogP contribution >= 0.6 is 11.6 Å². The number of aliphatic hydroxyl groups is 1. The topological polar surface area (TPSA) is 89.4 Å². The Kier molecular flexibility index (Phi) is 7.87. The van der Waals surface area contributed by atoms with E-state index in [1.165, 1.54) is 6.21 Å². The Bertz CT molecular complexity index is 1100. The number of rotatable bonds is 7. The minimum Gasteiger partial charge on any atom is -0.484 e. The van der Waals surface area contributed by atoms with Crippen LogP contribution in [0.3, 0.4) is 0 Å². The van der Waals surface area contributed by atoms with Crippen molar-refractivity contribution in [2.75, 3.05) is 49.5 Å². The first-order valence-electron chi connectivity index (χ1n) is 12.0. The van der Waals surface area contributed by atoms with Gasteiger partial charge in [0, 0.05) is 56.6 Å². The second kappa shape index (κ2) is 10.7. The molecule has 196 valence electrons. The smallest absolute Gasteiger partial charge is 0.255 e. The molecular formula is C25H32ClF2N5O3. The molecule has 1 aromatic rings. The lowest BCUT2D eigenvalue weighted by atomic mass is 9.98. The number of aliphatic hydroxyl groups excluding tert-OH is 1. The summed E-state index contributed by atoms with van der Waals surface area (Å²) >= 11 is 5.96. The lowest BCUT2D eigenvalue weighted by Crippen LogP contribution is -2.48. The highest BCUT2D eigenvalue weighted by Crippen LogP contribution is 2.42. The summed E-state index contributed by atoms with van der Waals surface area (Å²) in [6, 6.07) is 3.75. The normalized spacial score (nSPS) is 23.4. The Balaban J connectivity index is 1.64. The third-order valence-electron chi connectivity index (χ3n) is 6.53. The number of carbonyl (C=O) groups excluding carboxylic acids is 1. The second-order valence-electron chi connectivity index (χ2n) is 9.85. The maximum absolute atomic E-state index is 13.5. The minimum absolute atomic E-state index is 0.133. The number of aliphatic imine (C=N–C) groups is 1. The third-order valence-corrected chi connectivity index (χ3v) is 6.74. The van der Waals surface area contributed by atoms with Gasteiger partial charge in [0.05, 0.1) is 35.1 Å². The molecule has 0 saturated carbocycles. The van der Waals surface area contributed by atoms with Crippen molar-refractivity contribution in [1.29, 1.82) is 0 Å². The van der Waals surface area contributed by atoms with E-state index in [2.05, 4.69) is 20.5 Å². The Labute approximate surface area is 214 Å². The first-order chi connectivity index (χ1) is 17.1. The zero-order valence-corrected chi connectivity index (χ0v) is 21.4. The summed E-state index contributed by atoms with van der Waals surface area (Å²) in [5.41, 5.74) is 1.95. The van der Waals surface area contributed by atoms with Crippen LogP contribution in [-0.4, -0.2) is 73.5 Å². The predicted molar refractivity (Wildman–Crippen MR) is 137 cm³/mol. The van der Waals surface area contributed by atoms with Gasteiger partial charge in [-0.3, -0.25) is 9.69 Å². The van der Waals surface area contributed by atoms with Crippen molar-refractivity contribution in [1.82, 2.24) is 10.2 Å². The first kappa shape index (κ1) is 26.4. The Morgan fingerprint density at radius 2 is 2.03 bits per heavy atom. The van der Waals surface area contributed by atoms with Crippen LogP contribution < -0.4 is 20.3 Å². The third kappa shape index (κ3) is 5.82. The molecule has 11 heteroatoms. The number of carbonyl (C=O) groups is 1. The molecule has 3 aliphatic heterocycles.